The van der Waals surface area contributed by atoms with Crippen LogP contribution in [0.1, 0.15) is 18.9 Å². The second-order valence-corrected chi connectivity index (χ2v) is 5.64. The molecule has 1 aromatic rings. The second-order valence-electron chi connectivity index (χ2n) is 4.56. The largest absolute Gasteiger partial charge is 0.494 e. The number of halogens is 2. The monoisotopic (exact) mass is 315 g/mol. The van der Waals surface area contributed by atoms with Crippen LogP contribution in [0, 0.1) is 12.3 Å². The Labute approximate surface area is 127 Å². The van der Waals surface area contributed by atoms with Crippen LogP contribution in [0.15, 0.2) is 29.3 Å². The fraction of sp³-hybridized carbons (Fsp3) is 0.429. The Morgan fingerprint density at radius 2 is 2.19 bits per heavy atom. The van der Waals surface area contributed by atoms with Gasteiger partial charge >= 0.3 is 5.92 Å². The number of amidine groups is 2. The van der Waals surface area contributed by atoms with Crippen molar-refractivity contribution in [3.05, 3.63) is 29.8 Å². The standard InChI is InChI=1S/C14H19F2N3OS/c1-10-5-3-6-11(9-10)20-7-4-8-21-13(18)19-12(17)14(2,15)16/h3,5-6,9H,4,7-8H2,1-2H3,(H3,17,18,19). The zero-order valence-corrected chi connectivity index (χ0v) is 12.8. The van der Waals surface area contributed by atoms with E-state index < -0.39 is 11.8 Å². The third-order valence-electron chi connectivity index (χ3n) is 2.46. The summed E-state index contributed by atoms with van der Waals surface area (Å²) in [5.41, 5.74) is 6.21. The quantitative estimate of drug-likeness (QED) is 0.480. The highest BCUT2D eigenvalue weighted by atomic mass is 32.2. The maximum Gasteiger partial charge on any atom is 0.301 e. The van der Waals surface area contributed by atoms with Crippen molar-refractivity contribution in [2.24, 2.45) is 10.7 Å². The van der Waals surface area contributed by atoms with E-state index in [1.54, 1.807) is 0 Å². The second kappa shape index (κ2) is 7.97. The fourth-order valence-electron chi connectivity index (χ4n) is 1.36. The van der Waals surface area contributed by atoms with Gasteiger partial charge in [-0.1, -0.05) is 23.9 Å². The molecule has 0 amide bonds. The molecule has 21 heavy (non-hydrogen) atoms. The molecule has 0 aliphatic rings. The van der Waals surface area contributed by atoms with Gasteiger partial charge in [-0.15, -0.1) is 0 Å². The van der Waals surface area contributed by atoms with Gasteiger partial charge in [0, 0.05) is 12.7 Å². The minimum absolute atomic E-state index is 0.218. The average Bonchev–Trinajstić information content (AvgIpc) is 2.37. The van der Waals surface area contributed by atoms with Crippen molar-refractivity contribution in [2.45, 2.75) is 26.2 Å². The van der Waals surface area contributed by atoms with Gasteiger partial charge < -0.3 is 10.5 Å². The van der Waals surface area contributed by atoms with E-state index >= 15 is 0 Å². The maximum atomic E-state index is 12.8. The minimum Gasteiger partial charge on any atom is -0.494 e. The molecule has 1 rings (SSSR count). The normalized spacial score (nSPS) is 12.3. The fourth-order valence-corrected chi connectivity index (χ4v) is 1.98. The zero-order chi connectivity index (χ0) is 15.9. The van der Waals surface area contributed by atoms with E-state index in [4.69, 9.17) is 15.9 Å². The van der Waals surface area contributed by atoms with Crippen LogP contribution in [0.25, 0.3) is 0 Å². The third kappa shape index (κ3) is 7.08. The van der Waals surface area contributed by atoms with E-state index in [-0.39, 0.29) is 5.17 Å². The highest BCUT2D eigenvalue weighted by Gasteiger charge is 2.27. The van der Waals surface area contributed by atoms with Gasteiger partial charge in [0.2, 0.25) is 0 Å². The summed E-state index contributed by atoms with van der Waals surface area (Å²) < 4.78 is 31.1. The minimum atomic E-state index is -3.19. The first kappa shape index (κ1) is 17.4. The molecular weight excluding hydrogens is 296 g/mol. The lowest BCUT2D eigenvalue weighted by atomic mass is 10.2. The Bertz CT molecular complexity index is 515. The van der Waals surface area contributed by atoms with Crippen molar-refractivity contribution >= 4 is 22.8 Å². The number of aliphatic imine (C=N–C) groups is 1. The lowest BCUT2D eigenvalue weighted by Crippen LogP contribution is -2.33. The summed E-state index contributed by atoms with van der Waals surface area (Å²) >= 11 is 1.06. The summed E-state index contributed by atoms with van der Waals surface area (Å²) in [5.74, 6) is -2.68. The van der Waals surface area contributed by atoms with Gasteiger partial charge in [-0.3, -0.25) is 5.41 Å². The third-order valence-corrected chi connectivity index (χ3v) is 3.32. The number of alkyl halides is 2. The number of aryl methyl sites for hydroxylation is 1. The lowest BCUT2D eigenvalue weighted by molar-refractivity contribution is 0.0992. The van der Waals surface area contributed by atoms with E-state index in [2.05, 4.69) is 4.99 Å². The maximum absolute atomic E-state index is 12.8. The number of rotatable bonds is 6. The van der Waals surface area contributed by atoms with Crippen molar-refractivity contribution < 1.29 is 13.5 Å². The van der Waals surface area contributed by atoms with Gasteiger partial charge in [-0.2, -0.15) is 8.78 Å². The van der Waals surface area contributed by atoms with Crippen LogP contribution >= 0.6 is 11.8 Å². The Balaban J connectivity index is 2.24. The number of hydrogen-bond acceptors (Lipinski definition) is 3. The molecular formula is C14H19F2N3OS. The molecule has 1 aromatic carbocycles. The first-order valence-corrected chi connectivity index (χ1v) is 7.41. The smallest absolute Gasteiger partial charge is 0.301 e. The molecule has 0 saturated carbocycles. The molecule has 0 aliphatic carbocycles. The molecule has 0 heterocycles. The topological polar surface area (TPSA) is 71.5 Å². The molecule has 0 aliphatic heterocycles. The van der Waals surface area contributed by atoms with Crippen molar-refractivity contribution in [1.29, 1.82) is 5.41 Å². The van der Waals surface area contributed by atoms with Gasteiger partial charge in [0.1, 0.15) is 5.75 Å². The highest BCUT2D eigenvalue weighted by Crippen LogP contribution is 2.15. The van der Waals surface area contributed by atoms with Crippen LogP contribution in [0.2, 0.25) is 0 Å². The first-order chi connectivity index (χ1) is 9.79. The zero-order valence-electron chi connectivity index (χ0n) is 12.0. The van der Waals surface area contributed by atoms with Gasteiger partial charge in [-0.05, 0) is 31.0 Å². The number of nitrogens with zero attached hydrogens (tertiary/aromatic N) is 1. The molecule has 7 heteroatoms. The summed E-state index contributed by atoms with van der Waals surface area (Å²) in [7, 11) is 0. The van der Waals surface area contributed by atoms with Gasteiger partial charge in [0.25, 0.3) is 0 Å². The Morgan fingerprint density at radius 1 is 1.48 bits per heavy atom. The number of nitrogens with two attached hydrogens (primary N) is 1. The van der Waals surface area contributed by atoms with Gasteiger partial charge in [0.05, 0.1) is 6.61 Å². The molecule has 0 fully saturated rings. The Morgan fingerprint density at radius 3 is 2.81 bits per heavy atom. The van der Waals surface area contributed by atoms with Gasteiger partial charge in [0.15, 0.2) is 11.0 Å². The van der Waals surface area contributed by atoms with E-state index in [1.165, 1.54) is 0 Å². The molecule has 0 spiro atoms. The van der Waals surface area contributed by atoms with E-state index in [1.807, 2.05) is 31.2 Å². The van der Waals surface area contributed by atoms with Crippen LogP contribution in [0.5, 0.6) is 5.75 Å². The summed E-state index contributed by atoms with van der Waals surface area (Å²) in [5, 5.41) is 7.23. The van der Waals surface area contributed by atoms with Crippen LogP contribution in [-0.2, 0) is 0 Å². The van der Waals surface area contributed by atoms with E-state index in [9.17, 15) is 8.78 Å². The molecule has 0 radical (unpaired) electrons. The van der Waals surface area contributed by atoms with E-state index in [0.717, 1.165) is 23.1 Å². The van der Waals surface area contributed by atoms with Crippen molar-refractivity contribution in [3.8, 4) is 5.75 Å². The molecule has 0 unspecified atom stereocenters. The van der Waals surface area contributed by atoms with Gasteiger partial charge in [-0.25, -0.2) is 4.99 Å². The predicted octanol–water partition coefficient (Wildman–Crippen LogP) is 3.44. The number of hydrogen-bond donors (Lipinski definition) is 2. The van der Waals surface area contributed by atoms with Crippen LogP contribution < -0.4 is 10.5 Å². The van der Waals surface area contributed by atoms with Crippen LogP contribution in [0.3, 0.4) is 0 Å². The van der Waals surface area contributed by atoms with Crippen LogP contribution in [-0.4, -0.2) is 29.3 Å². The number of benzene rings is 1. The molecule has 0 aromatic heterocycles. The molecule has 0 bridgehead atoms. The van der Waals surface area contributed by atoms with Crippen LogP contribution in [0.4, 0.5) is 8.78 Å². The summed E-state index contributed by atoms with van der Waals surface area (Å²) in [6.45, 7) is 3.13. The van der Waals surface area contributed by atoms with Crippen molar-refractivity contribution in [3.63, 3.8) is 0 Å². The molecule has 3 N–H and O–H groups in total. The number of thioether (sulfide) groups is 1. The number of nitrogens with one attached hydrogen (secondary N) is 1. The summed E-state index contributed by atoms with van der Waals surface area (Å²) in [6, 6.07) is 7.70. The summed E-state index contributed by atoms with van der Waals surface area (Å²) in [4.78, 5) is 3.37. The number of ether oxygens (including phenoxy) is 1. The highest BCUT2D eigenvalue weighted by molar-refractivity contribution is 8.13. The molecule has 0 atom stereocenters. The Hall–Kier alpha value is -1.63. The van der Waals surface area contributed by atoms with Crippen molar-refractivity contribution in [1.82, 2.24) is 0 Å². The average molecular weight is 315 g/mol. The SMILES string of the molecule is Cc1cccc(OCCCSC(=N)/N=C(\N)C(C)(F)F)c1. The predicted molar refractivity (Wildman–Crippen MR) is 83.7 cm³/mol. The molecule has 0 saturated heterocycles. The molecule has 4 nitrogen and oxygen atoms in total. The first-order valence-electron chi connectivity index (χ1n) is 6.42. The summed E-state index contributed by atoms with van der Waals surface area (Å²) in [6.07, 6.45) is 0.679. The van der Waals surface area contributed by atoms with E-state index in [0.29, 0.717) is 25.7 Å². The Kier molecular flexibility index (Phi) is 6.61. The van der Waals surface area contributed by atoms with Crippen molar-refractivity contribution in [2.75, 3.05) is 12.4 Å². The molecule has 116 valence electrons. The lowest BCUT2D eigenvalue weighted by Gasteiger charge is -2.09.